The molecule has 2 aromatic carbocycles. The second-order valence-electron chi connectivity index (χ2n) is 7.46. The molecule has 0 saturated carbocycles. The van der Waals surface area contributed by atoms with E-state index in [2.05, 4.69) is 5.32 Å². The van der Waals surface area contributed by atoms with Gasteiger partial charge in [-0.05, 0) is 55.3 Å². The lowest BCUT2D eigenvalue weighted by atomic mass is 10.2. The number of nitrogens with zero attached hydrogens (tertiary/aromatic N) is 1. The van der Waals surface area contributed by atoms with Crippen molar-refractivity contribution in [3.63, 3.8) is 0 Å². The Kier molecular flexibility index (Phi) is 8.49. The SMILES string of the molecule is CCC(Oc1cccc(C)c1)C(=O)NCCOc1ccc(S(=O)(=O)N2CCOCC2)cc1. The van der Waals surface area contributed by atoms with Gasteiger partial charge in [-0.1, -0.05) is 19.1 Å². The molecule has 8 nitrogen and oxygen atoms in total. The monoisotopic (exact) mass is 462 g/mol. The minimum Gasteiger partial charge on any atom is -0.492 e. The Morgan fingerprint density at radius 2 is 1.84 bits per heavy atom. The van der Waals surface area contributed by atoms with Gasteiger partial charge in [-0.25, -0.2) is 8.42 Å². The fourth-order valence-electron chi connectivity index (χ4n) is 3.28. The Bertz CT molecular complexity index is 988. The minimum absolute atomic E-state index is 0.204. The summed E-state index contributed by atoms with van der Waals surface area (Å²) in [4.78, 5) is 12.6. The number of carbonyl (C=O) groups excluding carboxylic acids is 1. The van der Waals surface area contributed by atoms with Crippen molar-refractivity contribution in [3.05, 3.63) is 54.1 Å². The van der Waals surface area contributed by atoms with E-state index < -0.39 is 16.1 Å². The summed E-state index contributed by atoms with van der Waals surface area (Å²) in [6.45, 7) is 5.93. The number of carbonyl (C=O) groups is 1. The zero-order valence-electron chi connectivity index (χ0n) is 18.5. The molecule has 3 rings (SSSR count). The van der Waals surface area contributed by atoms with Crippen molar-refractivity contribution in [3.8, 4) is 11.5 Å². The Labute approximate surface area is 189 Å². The first-order valence-corrected chi connectivity index (χ1v) is 12.2. The maximum absolute atomic E-state index is 12.6. The lowest BCUT2D eigenvalue weighted by molar-refractivity contribution is -0.128. The Morgan fingerprint density at radius 1 is 1.12 bits per heavy atom. The van der Waals surface area contributed by atoms with E-state index in [0.29, 0.717) is 50.8 Å². The van der Waals surface area contributed by atoms with E-state index in [1.54, 1.807) is 12.1 Å². The number of morpholine rings is 1. The molecular formula is C23H30N2O6S. The summed E-state index contributed by atoms with van der Waals surface area (Å²) in [7, 11) is -3.53. The van der Waals surface area contributed by atoms with Crippen molar-refractivity contribution in [2.45, 2.75) is 31.3 Å². The van der Waals surface area contributed by atoms with Crippen LogP contribution in [0.2, 0.25) is 0 Å². The van der Waals surface area contributed by atoms with Gasteiger partial charge in [-0.3, -0.25) is 4.79 Å². The highest BCUT2D eigenvalue weighted by Crippen LogP contribution is 2.20. The number of ether oxygens (including phenoxy) is 3. The molecule has 0 radical (unpaired) electrons. The summed E-state index contributed by atoms with van der Waals surface area (Å²) < 4.78 is 43.4. The van der Waals surface area contributed by atoms with Gasteiger partial charge in [0.05, 0.1) is 24.7 Å². The van der Waals surface area contributed by atoms with Crippen molar-refractivity contribution in [1.29, 1.82) is 0 Å². The van der Waals surface area contributed by atoms with Crippen LogP contribution in [0.4, 0.5) is 0 Å². The van der Waals surface area contributed by atoms with Crippen LogP contribution in [0.3, 0.4) is 0 Å². The molecule has 0 bridgehead atoms. The van der Waals surface area contributed by atoms with Gasteiger partial charge in [0.25, 0.3) is 5.91 Å². The van der Waals surface area contributed by atoms with Crippen molar-refractivity contribution in [1.82, 2.24) is 9.62 Å². The fourth-order valence-corrected chi connectivity index (χ4v) is 4.68. The quantitative estimate of drug-likeness (QED) is 0.545. The molecule has 1 fully saturated rings. The Hall–Kier alpha value is -2.62. The van der Waals surface area contributed by atoms with E-state index in [0.717, 1.165) is 5.56 Å². The third-order valence-electron chi connectivity index (χ3n) is 5.03. The summed E-state index contributed by atoms with van der Waals surface area (Å²) in [6, 6.07) is 13.9. The normalized spacial score (nSPS) is 15.7. The van der Waals surface area contributed by atoms with Crippen LogP contribution < -0.4 is 14.8 Å². The van der Waals surface area contributed by atoms with Crippen LogP contribution in [0, 0.1) is 6.92 Å². The van der Waals surface area contributed by atoms with Crippen LogP contribution in [-0.2, 0) is 19.6 Å². The highest BCUT2D eigenvalue weighted by Gasteiger charge is 2.26. The van der Waals surface area contributed by atoms with Crippen LogP contribution in [-0.4, -0.2) is 64.2 Å². The number of rotatable bonds is 10. The predicted octanol–water partition coefficient (Wildman–Crippen LogP) is 2.37. The van der Waals surface area contributed by atoms with Gasteiger partial charge in [0, 0.05) is 13.1 Å². The second-order valence-corrected chi connectivity index (χ2v) is 9.40. The molecule has 32 heavy (non-hydrogen) atoms. The molecule has 0 spiro atoms. The number of amides is 1. The third-order valence-corrected chi connectivity index (χ3v) is 6.95. The van der Waals surface area contributed by atoms with Gasteiger partial charge < -0.3 is 19.5 Å². The molecule has 1 unspecified atom stereocenters. The molecule has 1 N–H and O–H groups in total. The van der Waals surface area contributed by atoms with E-state index in [4.69, 9.17) is 14.2 Å². The molecule has 0 aliphatic carbocycles. The van der Waals surface area contributed by atoms with Crippen molar-refractivity contribution in [2.24, 2.45) is 0 Å². The van der Waals surface area contributed by atoms with E-state index in [9.17, 15) is 13.2 Å². The largest absolute Gasteiger partial charge is 0.492 e. The zero-order chi connectivity index (χ0) is 23.0. The van der Waals surface area contributed by atoms with Crippen LogP contribution in [0.5, 0.6) is 11.5 Å². The molecule has 1 heterocycles. The molecule has 1 atom stereocenters. The third kappa shape index (κ3) is 6.44. The van der Waals surface area contributed by atoms with Crippen LogP contribution in [0.15, 0.2) is 53.4 Å². The van der Waals surface area contributed by atoms with E-state index >= 15 is 0 Å². The maximum atomic E-state index is 12.6. The second kappa shape index (κ2) is 11.3. The summed E-state index contributed by atoms with van der Waals surface area (Å²) >= 11 is 0. The minimum atomic E-state index is -3.53. The standard InChI is InChI=1S/C23H30N2O6S/c1-3-22(31-20-6-4-5-18(2)17-20)23(26)24-11-14-30-19-7-9-21(10-8-19)32(27,28)25-12-15-29-16-13-25/h4-10,17,22H,3,11-16H2,1-2H3,(H,24,26). The van der Waals surface area contributed by atoms with Gasteiger partial charge in [0.2, 0.25) is 10.0 Å². The van der Waals surface area contributed by atoms with Gasteiger partial charge >= 0.3 is 0 Å². The first-order chi connectivity index (χ1) is 15.4. The molecule has 1 aliphatic heterocycles. The number of benzene rings is 2. The molecule has 9 heteroatoms. The highest BCUT2D eigenvalue weighted by molar-refractivity contribution is 7.89. The highest BCUT2D eigenvalue weighted by atomic mass is 32.2. The molecule has 1 aliphatic rings. The zero-order valence-corrected chi connectivity index (χ0v) is 19.3. The summed E-state index contributed by atoms with van der Waals surface area (Å²) in [5, 5.41) is 2.81. The Morgan fingerprint density at radius 3 is 2.50 bits per heavy atom. The van der Waals surface area contributed by atoms with Crippen molar-refractivity contribution < 1.29 is 27.4 Å². The van der Waals surface area contributed by atoms with E-state index in [1.165, 1.54) is 16.4 Å². The Balaban J connectivity index is 1.45. The lowest BCUT2D eigenvalue weighted by Gasteiger charge is -2.26. The average molecular weight is 463 g/mol. The number of hydrogen-bond donors (Lipinski definition) is 1. The van der Waals surface area contributed by atoms with Crippen LogP contribution in [0.1, 0.15) is 18.9 Å². The molecule has 1 saturated heterocycles. The number of sulfonamides is 1. The van der Waals surface area contributed by atoms with Gasteiger partial charge in [0.15, 0.2) is 6.10 Å². The molecule has 0 aromatic heterocycles. The number of nitrogens with one attached hydrogen (secondary N) is 1. The molecular weight excluding hydrogens is 432 g/mol. The summed E-state index contributed by atoms with van der Waals surface area (Å²) in [6.07, 6.45) is -0.0406. The lowest BCUT2D eigenvalue weighted by Crippen LogP contribution is -2.40. The summed E-state index contributed by atoms with van der Waals surface area (Å²) in [5.41, 5.74) is 1.06. The van der Waals surface area contributed by atoms with Gasteiger partial charge in [-0.2, -0.15) is 4.31 Å². The van der Waals surface area contributed by atoms with E-state index in [-0.39, 0.29) is 17.4 Å². The van der Waals surface area contributed by atoms with Crippen LogP contribution in [0.25, 0.3) is 0 Å². The van der Waals surface area contributed by atoms with E-state index in [1.807, 2.05) is 38.1 Å². The molecule has 2 aromatic rings. The smallest absolute Gasteiger partial charge is 0.261 e. The molecule has 1 amide bonds. The topological polar surface area (TPSA) is 94.2 Å². The van der Waals surface area contributed by atoms with Gasteiger partial charge in [0.1, 0.15) is 18.1 Å². The molecule has 174 valence electrons. The first-order valence-electron chi connectivity index (χ1n) is 10.7. The fraction of sp³-hybridized carbons (Fsp3) is 0.435. The van der Waals surface area contributed by atoms with Crippen molar-refractivity contribution >= 4 is 15.9 Å². The summed E-state index contributed by atoms with van der Waals surface area (Å²) in [5.74, 6) is 0.989. The van der Waals surface area contributed by atoms with Crippen LogP contribution >= 0.6 is 0 Å². The van der Waals surface area contributed by atoms with Gasteiger partial charge in [-0.15, -0.1) is 0 Å². The maximum Gasteiger partial charge on any atom is 0.261 e. The average Bonchev–Trinajstić information content (AvgIpc) is 2.81. The first kappa shape index (κ1) is 24.0. The number of aryl methyl sites for hydroxylation is 1. The predicted molar refractivity (Wildman–Crippen MR) is 120 cm³/mol. The number of hydrogen-bond acceptors (Lipinski definition) is 6. The van der Waals surface area contributed by atoms with Crippen molar-refractivity contribution in [2.75, 3.05) is 39.5 Å².